The molecular formula is C40H65NO11. The predicted molar refractivity (Wildman–Crippen MR) is 192 cm³/mol. The number of rotatable bonds is 4. The fourth-order valence-electron chi connectivity index (χ4n) is 9.78. The summed E-state index contributed by atoms with van der Waals surface area (Å²) in [5.41, 5.74) is 7.87. The third-order valence-corrected chi connectivity index (χ3v) is 12.6. The van der Waals surface area contributed by atoms with Crippen LogP contribution in [-0.2, 0) is 38.0 Å². The van der Waals surface area contributed by atoms with E-state index < -0.39 is 42.4 Å². The van der Waals surface area contributed by atoms with Gasteiger partial charge in [-0.25, -0.2) is 0 Å². The van der Waals surface area contributed by atoms with E-state index in [1.54, 1.807) is 7.11 Å². The van der Waals surface area contributed by atoms with Crippen LogP contribution in [0.4, 0.5) is 0 Å². The molecule has 0 aromatic heterocycles. The van der Waals surface area contributed by atoms with Crippen molar-refractivity contribution in [3.8, 4) is 0 Å². The fraction of sp³-hybridized carbons (Fsp3) is 0.875. The lowest BCUT2D eigenvalue weighted by Crippen LogP contribution is -2.39. The Balaban J connectivity index is 1.19. The first-order valence-electron chi connectivity index (χ1n) is 20.0. The number of carbonyl (C=O) groups excluding carboxylic acids is 1. The molecule has 0 spiro atoms. The van der Waals surface area contributed by atoms with Crippen LogP contribution in [0, 0.1) is 11.8 Å². The molecule has 0 aromatic carbocycles. The highest BCUT2D eigenvalue weighted by Crippen LogP contribution is 2.45. The summed E-state index contributed by atoms with van der Waals surface area (Å²) < 4.78 is 45.1. The van der Waals surface area contributed by atoms with Crippen LogP contribution in [0.25, 0.3) is 0 Å². The molecule has 6 aliphatic heterocycles. The summed E-state index contributed by atoms with van der Waals surface area (Å²) >= 11 is 0. The zero-order valence-corrected chi connectivity index (χ0v) is 31.6. The van der Waals surface area contributed by atoms with Gasteiger partial charge in [0.2, 0.25) is 0 Å². The van der Waals surface area contributed by atoms with Crippen molar-refractivity contribution in [1.29, 1.82) is 0 Å². The van der Waals surface area contributed by atoms with Gasteiger partial charge in [0.1, 0.15) is 11.9 Å². The lowest BCUT2D eigenvalue weighted by molar-refractivity contribution is -0.241. The maximum Gasteiger partial charge on any atom is 0.171 e. The number of Topliss-reactive ketones (excluding diaryl/α,β-unsaturated/α-hetero) is 1. The highest BCUT2D eigenvalue weighted by molar-refractivity contribution is 5.79. The van der Waals surface area contributed by atoms with Crippen molar-refractivity contribution < 1.29 is 53.3 Å². The average Bonchev–Trinajstić information content (AvgIpc) is 3.69. The minimum Gasteiger partial charge on any atom is -0.393 e. The molecule has 6 fully saturated rings. The highest BCUT2D eigenvalue weighted by Gasteiger charge is 2.54. The monoisotopic (exact) mass is 735 g/mol. The molecule has 6 rings (SSSR count). The summed E-state index contributed by atoms with van der Waals surface area (Å²) in [6, 6.07) is 0. The van der Waals surface area contributed by atoms with Gasteiger partial charge in [0.15, 0.2) is 5.79 Å². The van der Waals surface area contributed by atoms with Crippen molar-refractivity contribution in [2.45, 2.75) is 189 Å². The Morgan fingerprint density at radius 1 is 0.942 bits per heavy atom. The number of methoxy groups -OCH3 is 1. The second-order valence-electron chi connectivity index (χ2n) is 16.7. The lowest BCUT2D eigenvalue weighted by atomic mass is 9.81. The second kappa shape index (κ2) is 17.7. The van der Waals surface area contributed by atoms with Gasteiger partial charge >= 0.3 is 0 Å². The summed E-state index contributed by atoms with van der Waals surface area (Å²) in [6.45, 7) is 13.5. The second-order valence-corrected chi connectivity index (χ2v) is 16.7. The minimum absolute atomic E-state index is 0.000353. The van der Waals surface area contributed by atoms with Gasteiger partial charge in [-0.2, -0.15) is 0 Å². The van der Waals surface area contributed by atoms with Crippen molar-refractivity contribution in [2.24, 2.45) is 17.6 Å². The van der Waals surface area contributed by atoms with E-state index in [2.05, 4.69) is 20.1 Å². The number of ether oxygens (including phenoxy) is 7. The van der Waals surface area contributed by atoms with Crippen LogP contribution in [0.2, 0.25) is 0 Å². The lowest BCUT2D eigenvalue weighted by Gasteiger charge is -2.38. The molecule has 12 heteroatoms. The van der Waals surface area contributed by atoms with E-state index in [0.29, 0.717) is 51.6 Å². The number of aliphatic hydroxyl groups excluding tert-OH is 3. The molecule has 0 saturated carbocycles. The molecule has 6 saturated heterocycles. The van der Waals surface area contributed by atoms with Gasteiger partial charge in [-0.1, -0.05) is 20.1 Å². The number of nitrogens with two attached hydrogens (primary N) is 1. The molecule has 16 atom stereocenters. The minimum atomic E-state index is -0.884. The molecule has 6 aliphatic rings. The standard InChI is InChI=1S/C40H65NO11/c1-22-13-29-8-9-33-23(2)14-30(48-33)10-11-40-20-32(45)39(52-40)36(15-24(3)51-40)47-12-6-7-26(42)16-27(43)17-31-35(19-34(49-29)25(22)4)50-37(38(31)46-5)18-28(44)21-41/h22,24,26,28-39,42,44-45H,2,4,6-21,41H2,1,3,5H3/t22-,24?,26?,28?,29?,30?,31?,32-,33?,34?,35?,36-,37-,38-,39?,40-/m1/s1. The van der Waals surface area contributed by atoms with Gasteiger partial charge in [-0.3, -0.25) is 4.79 Å². The largest absolute Gasteiger partial charge is 0.393 e. The van der Waals surface area contributed by atoms with Crippen LogP contribution in [0.5, 0.6) is 0 Å². The number of fused-ring (bicyclic) bond motifs is 5. The van der Waals surface area contributed by atoms with Crippen LogP contribution >= 0.6 is 0 Å². The highest BCUT2D eigenvalue weighted by atomic mass is 16.7. The molecular weight excluding hydrogens is 670 g/mol. The molecule has 10 unspecified atom stereocenters. The van der Waals surface area contributed by atoms with E-state index in [1.165, 1.54) is 0 Å². The molecule has 12 nitrogen and oxygen atoms in total. The maximum atomic E-state index is 13.5. The average molecular weight is 736 g/mol. The van der Waals surface area contributed by atoms with Crippen molar-refractivity contribution >= 4 is 5.78 Å². The summed E-state index contributed by atoms with van der Waals surface area (Å²) in [7, 11) is 1.61. The van der Waals surface area contributed by atoms with E-state index in [0.717, 1.165) is 43.3 Å². The van der Waals surface area contributed by atoms with Gasteiger partial charge in [-0.15, -0.1) is 0 Å². The Hall–Kier alpha value is -1.29. The van der Waals surface area contributed by atoms with Crippen molar-refractivity contribution in [2.75, 3.05) is 20.3 Å². The quantitative estimate of drug-likeness (QED) is 0.310. The Labute approximate surface area is 309 Å². The zero-order chi connectivity index (χ0) is 37.2. The first-order chi connectivity index (χ1) is 24.9. The molecule has 52 heavy (non-hydrogen) atoms. The molecule has 0 radical (unpaired) electrons. The molecule has 5 N–H and O–H groups in total. The Kier molecular flexibility index (Phi) is 13.7. The molecule has 0 aromatic rings. The van der Waals surface area contributed by atoms with E-state index in [9.17, 15) is 20.1 Å². The fourth-order valence-corrected chi connectivity index (χ4v) is 9.78. The first-order valence-corrected chi connectivity index (χ1v) is 20.0. The summed E-state index contributed by atoms with van der Waals surface area (Å²) in [5.74, 6) is -1.00. The zero-order valence-electron chi connectivity index (χ0n) is 31.6. The summed E-state index contributed by atoms with van der Waals surface area (Å²) in [5, 5.41) is 32.5. The number of hydrogen-bond donors (Lipinski definition) is 4. The number of hydrogen-bond acceptors (Lipinski definition) is 12. The Morgan fingerprint density at radius 2 is 1.73 bits per heavy atom. The number of ketones is 1. The van der Waals surface area contributed by atoms with Gasteiger partial charge in [0, 0.05) is 71.1 Å². The molecule has 0 amide bonds. The number of carbonyl (C=O) groups is 1. The Morgan fingerprint density at radius 3 is 2.50 bits per heavy atom. The van der Waals surface area contributed by atoms with Crippen LogP contribution in [-0.4, -0.2) is 127 Å². The molecule has 6 heterocycles. The van der Waals surface area contributed by atoms with Crippen LogP contribution in [0.1, 0.15) is 104 Å². The summed E-state index contributed by atoms with van der Waals surface area (Å²) in [6.07, 6.45) is 2.71. The molecule has 0 aliphatic carbocycles. The normalized spacial score (nSPS) is 46.3. The van der Waals surface area contributed by atoms with Crippen LogP contribution < -0.4 is 5.73 Å². The summed E-state index contributed by atoms with van der Waals surface area (Å²) in [4.78, 5) is 13.5. The van der Waals surface area contributed by atoms with Crippen molar-refractivity contribution in [3.63, 3.8) is 0 Å². The van der Waals surface area contributed by atoms with E-state index >= 15 is 0 Å². The van der Waals surface area contributed by atoms with Gasteiger partial charge in [0.05, 0.1) is 73.2 Å². The van der Waals surface area contributed by atoms with Crippen molar-refractivity contribution in [1.82, 2.24) is 0 Å². The van der Waals surface area contributed by atoms with Crippen LogP contribution in [0.3, 0.4) is 0 Å². The Bertz CT molecular complexity index is 1230. The molecule has 296 valence electrons. The SMILES string of the molecule is C=C1CC2CC[C@]34C[C@@H](O)C(O3)[C@@H](CC(C)O4)OCCCC(O)CC(=O)CC3C(CC4OC(CCC1O2)C[C@@H](C)C4=C)O[C@H](CC(O)CN)[C@@H]3OC. The maximum absolute atomic E-state index is 13.5. The van der Waals surface area contributed by atoms with Gasteiger partial charge in [-0.05, 0) is 68.9 Å². The third-order valence-electron chi connectivity index (χ3n) is 12.6. The third kappa shape index (κ3) is 9.56. The van der Waals surface area contributed by atoms with Crippen molar-refractivity contribution in [3.05, 3.63) is 24.3 Å². The smallest absolute Gasteiger partial charge is 0.171 e. The first kappa shape index (κ1) is 40.4. The van der Waals surface area contributed by atoms with Crippen LogP contribution in [0.15, 0.2) is 24.3 Å². The predicted octanol–water partition coefficient (Wildman–Crippen LogP) is 3.65. The molecule has 7 bridgehead atoms. The van der Waals surface area contributed by atoms with E-state index in [4.69, 9.17) is 38.9 Å². The van der Waals surface area contributed by atoms with Gasteiger partial charge in [0.25, 0.3) is 0 Å². The topological polar surface area (TPSA) is 168 Å². The number of aliphatic hydroxyl groups is 3. The van der Waals surface area contributed by atoms with E-state index in [1.807, 2.05) is 6.92 Å². The van der Waals surface area contributed by atoms with E-state index in [-0.39, 0.29) is 79.7 Å². The van der Waals surface area contributed by atoms with Gasteiger partial charge < -0.3 is 54.2 Å².